The Bertz CT molecular complexity index is 127. The lowest BCUT2D eigenvalue weighted by atomic mass is 10.2. The van der Waals surface area contributed by atoms with Crippen molar-refractivity contribution in [1.82, 2.24) is 5.32 Å². The summed E-state index contributed by atoms with van der Waals surface area (Å²) in [6.45, 7) is 0.788. The van der Waals surface area contributed by atoms with Crippen LogP contribution in [0.5, 0.6) is 0 Å². The topological polar surface area (TPSA) is 107 Å². The van der Waals surface area contributed by atoms with E-state index < -0.39 is 6.29 Å². The summed E-state index contributed by atoms with van der Waals surface area (Å²) in [5, 5.41) is 2.87. The van der Waals surface area contributed by atoms with E-state index in [4.69, 9.17) is 17.2 Å². The first-order valence-electron chi connectivity index (χ1n) is 4.16. The molecule has 0 spiro atoms. The zero-order valence-corrected chi connectivity index (χ0v) is 7.25. The van der Waals surface area contributed by atoms with Crippen LogP contribution in [-0.2, 0) is 4.79 Å². The molecule has 0 fully saturated rings. The van der Waals surface area contributed by atoms with E-state index in [2.05, 4.69) is 5.32 Å². The van der Waals surface area contributed by atoms with Crippen LogP contribution >= 0.6 is 0 Å². The molecule has 0 saturated carbocycles. The molecular formula is C7H18N4O. The van der Waals surface area contributed by atoms with Gasteiger partial charge in [0, 0.05) is 6.42 Å². The third-order valence-electron chi connectivity index (χ3n) is 1.48. The first kappa shape index (κ1) is 11.4. The van der Waals surface area contributed by atoms with Crippen LogP contribution in [0.4, 0.5) is 0 Å². The predicted octanol–water partition coefficient (Wildman–Crippen LogP) is -1.18. The molecule has 5 nitrogen and oxygen atoms in total. The molecule has 0 aromatic carbocycles. The van der Waals surface area contributed by atoms with Crippen LogP contribution in [0.3, 0.4) is 0 Å². The fraction of sp³-hybridized carbons (Fsp3) is 0.857. The van der Waals surface area contributed by atoms with E-state index in [0.29, 0.717) is 6.42 Å². The van der Waals surface area contributed by atoms with E-state index in [9.17, 15) is 4.79 Å². The lowest BCUT2D eigenvalue weighted by Crippen LogP contribution is -2.45. The van der Waals surface area contributed by atoms with Gasteiger partial charge in [0.1, 0.15) is 6.29 Å². The Morgan fingerprint density at radius 1 is 1.25 bits per heavy atom. The first-order chi connectivity index (χ1) is 5.63. The van der Waals surface area contributed by atoms with Crippen molar-refractivity contribution in [2.45, 2.75) is 32.0 Å². The van der Waals surface area contributed by atoms with Crippen LogP contribution in [0.1, 0.15) is 25.7 Å². The number of amides is 1. The van der Waals surface area contributed by atoms with Gasteiger partial charge in [0.05, 0.1) is 0 Å². The number of nitrogens with one attached hydrogen (secondary N) is 1. The van der Waals surface area contributed by atoms with Gasteiger partial charge in [0.2, 0.25) is 5.91 Å². The minimum Gasteiger partial charge on any atom is -0.370 e. The van der Waals surface area contributed by atoms with Gasteiger partial charge in [-0.25, -0.2) is 0 Å². The average molecular weight is 174 g/mol. The Morgan fingerprint density at radius 3 is 2.42 bits per heavy atom. The summed E-state index contributed by atoms with van der Waals surface area (Å²) in [6.07, 6.45) is 2.81. The Kier molecular flexibility index (Phi) is 6.64. The molecule has 0 aromatic heterocycles. The summed E-state index contributed by atoms with van der Waals surface area (Å²) in [5.74, 6) is -0.238. The molecular weight excluding hydrogens is 156 g/mol. The third-order valence-corrected chi connectivity index (χ3v) is 1.48. The molecule has 0 radical (unpaired) electrons. The molecule has 12 heavy (non-hydrogen) atoms. The molecule has 1 amide bonds. The van der Waals surface area contributed by atoms with E-state index in [0.717, 1.165) is 25.8 Å². The summed E-state index contributed by atoms with van der Waals surface area (Å²) in [4.78, 5) is 10.3. The van der Waals surface area contributed by atoms with E-state index in [-0.39, 0.29) is 5.91 Å². The van der Waals surface area contributed by atoms with Crippen molar-refractivity contribution in [3.05, 3.63) is 0 Å². The first-order valence-corrected chi connectivity index (χ1v) is 4.16. The Balaban J connectivity index is 2.96. The van der Waals surface area contributed by atoms with Gasteiger partial charge >= 0.3 is 0 Å². The molecule has 0 aliphatic rings. The van der Waals surface area contributed by atoms with Crippen LogP contribution < -0.4 is 22.5 Å². The summed E-state index contributed by atoms with van der Waals surface area (Å²) in [5.41, 5.74) is 15.5. The number of primary amides is 1. The largest absolute Gasteiger partial charge is 0.370 e. The second-order valence-corrected chi connectivity index (χ2v) is 2.76. The summed E-state index contributed by atoms with van der Waals surface area (Å²) in [6, 6.07) is 0. The van der Waals surface area contributed by atoms with Crippen LogP contribution in [0.2, 0.25) is 0 Å². The summed E-state index contributed by atoms with van der Waals surface area (Å²) < 4.78 is 0. The summed E-state index contributed by atoms with van der Waals surface area (Å²) in [7, 11) is 0. The maximum Gasteiger partial charge on any atom is 0.217 e. The maximum atomic E-state index is 10.3. The van der Waals surface area contributed by atoms with E-state index >= 15 is 0 Å². The number of hydrogen-bond acceptors (Lipinski definition) is 4. The van der Waals surface area contributed by atoms with Gasteiger partial charge in [-0.15, -0.1) is 0 Å². The molecule has 0 aliphatic carbocycles. The fourth-order valence-electron chi connectivity index (χ4n) is 0.870. The molecule has 0 unspecified atom stereocenters. The fourth-order valence-corrected chi connectivity index (χ4v) is 0.870. The van der Waals surface area contributed by atoms with Crippen molar-refractivity contribution in [2.75, 3.05) is 6.54 Å². The second kappa shape index (κ2) is 7.02. The second-order valence-electron chi connectivity index (χ2n) is 2.76. The molecule has 5 heteroatoms. The number of hydrogen-bond donors (Lipinski definition) is 4. The molecule has 7 N–H and O–H groups in total. The van der Waals surface area contributed by atoms with Crippen molar-refractivity contribution in [2.24, 2.45) is 17.2 Å². The zero-order valence-electron chi connectivity index (χ0n) is 7.25. The molecule has 72 valence electrons. The highest BCUT2D eigenvalue weighted by Crippen LogP contribution is 1.97. The molecule has 0 bridgehead atoms. The minimum absolute atomic E-state index is 0.238. The Labute approximate surface area is 72.7 Å². The third kappa shape index (κ3) is 9.35. The quantitative estimate of drug-likeness (QED) is 0.288. The number of nitrogens with two attached hydrogens (primary N) is 3. The average Bonchev–Trinajstić information content (AvgIpc) is 1.95. The minimum atomic E-state index is -0.443. The van der Waals surface area contributed by atoms with Crippen LogP contribution in [0, 0.1) is 0 Å². The highest BCUT2D eigenvalue weighted by Gasteiger charge is 1.95. The van der Waals surface area contributed by atoms with Gasteiger partial charge in [-0.2, -0.15) is 0 Å². The monoisotopic (exact) mass is 174 g/mol. The SMILES string of the molecule is NC(=O)CCCCCNC(N)N. The maximum absolute atomic E-state index is 10.3. The van der Waals surface area contributed by atoms with Gasteiger partial charge in [0.25, 0.3) is 0 Å². The van der Waals surface area contributed by atoms with Crippen LogP contribution in [0.25, 0.3) is 0 Å². The van der Waals surface area contributed by atoms with Crippen molar-refractivity contribution in [3.63, 3.8) is 0 Å². The Morgan fingerprint density at radius 2 is 1.92 bits per heavy atom. The number of unbranched alkanes of at least 4 members (excludes halogenated alkanes) is 2. The van der Waals surface area contributed by atoms with Crippen LogP contribution in [0.15, 0.2) is 0 Å². The normalized spacial score (nSPS) is 10.6. The van der Waals surface area contributed by atoms with Crippen molar-refractivity contribution in [1.29, 1.82) is 0 Å². The predicted molar refractivity (Wildman–Crippen MR) is 47.8 cm³/mol. The number of carbonyl (C=O) groups excluding carboxylic acids is 1. The number of carbonyl (C=O) groups is 1. The summed E-state index contributed by atoms with van der Waals surface area (Å²) >= 11 is 0. The molecule has 0 rings (SSSR count). The van der Waals surface area contributed by atoms with Gasteiger partial charge in [0.15, 0.2) is 0 Å². The molecule has 0 saturated heterocycles. The van der Waals surface area contributed by atoms with Gasteiger partial charge in [-0.05, 0) is 19.4 Å². The standard InChI is InChI=1S/C7H18N4O/c8-6(12)4-2-1-3-5-11-7(9)10/h7,11H,1-5,9-10H2,(H2,8,12). The smallest absolute Gasteiger partial charge is 0.217 e. The van der Waals surface area contributed by atoms with Crippen molar-refractivity contribution >= 4 is 5.91 Å². The van der Waals surface area contributed by atoms with Gasteiger partial charge in [-0.3, -0.25) is 10.1 Å². The van der Waals surface area contributed by atoms with E-state index in [1.54, 1.807) is 0 Å². The zero-order chi connectivity index (χ0) is 9.40. The Hall–Kier alpha value is -0.650. The highest BCUT2D eigenvalue weighted by molar-refractivity contribution is 5.73. The van der Waals surface area contributed by atoms with Gasteiger partial charge in [-0.1, -0.05) is 6.42 Å². The van der Waals surface area contributed by atoms with Crippen molar-refractivity contribution < 1.29 is 4.79 Å². The molecule has 0 aromatic rings. The van der Waals surface area contributed by atoms with E-state index in [1.807, 2.05) is 0 Å². The molecule has 0 heterocycles. The van der Waals surface area contributed by atoms with E-state index in [1.165, 1.54) is 0 Å². The lowest BCUT2D eigenvalue weighted by molar-refractivity contribution is -0.118. The molecule has 0 atom stereocenters. The molecule has 0 aliphatic heterocycles. The van der Waals surface area contributed by atoms with Gasteiger partial charge < -0.3 is 17.2 Å². The van der Waals surface area contributed by atoms with Crippen molar-refractivity contribution in [3.8, 4) is 0 Å². The van der Waals surface area contributed by atoms with Crippen LogP contribution in [-0.4, -0.2) is 18.7 Å². The highest BCUT2D eigenvalue weighted by atomic mass is 16.1. The lowest BCUT2D eigenvalue weighted by Gasteiger charge is -2.06. The number of rotatable bonds is 7.